The highest BCUT2D eigenvalue weighted by molar-refractivity contribution is 4.69. The number of hydrogen-bond acceptors (Lipinski definition) is 2. The summed E-state index contributed by atoms with van der Waals surface area (Å²) >= 11 is 0. The predicted octanol–water partition coefficient (Wildman–Crippen LogP) is 3.98. The zero-order valence-corrected chi connectivity index (χ0v) is 11.5. The molecule has 19 heavy (non-hydrogen) atoms. The number of ether oxygens (including phenoxy) is 1. The number of hydrogen-bond donors (Lipinski definition) is 1. The zero-order valence-electron chi connectivity index (χ0n) is 11.5. The van der Waals surface area contributed by atoms with E-state index in [-0.39, 0.29) is 12.6 Å². The average Bonchev–Trinajstić information content (AvgIpc) is 2.33. The van der Waals surface area contributed by atoms with Gasteiger partial charge in [-0.1, -0.05) is 45.4 Å². The molecule has 0 saturated carbocycles. The Morgan fingerprint density at radius 2 is 1.63 bits per heavy atom. The second kappa shape index (κ2) is 10.4. The van der Waals surface area contributed by atoms with Crippen LogP contribution in [0.15, 0.2) is 0 Å². The zero-order chi connectivity index (χ0) is 14.7. The van der Waals surface area contributed by atoms with Crippen molar-refractivity contribution in [3.05, 3.63) is 0 Å². The second-order valence-electron chi connectivity index (χ2n) is 4.89. The monoisotopic (exact) mass is 287 g/mol. The van der Waals surface area contributed by atoms with Gasteiger partial charge in [0.2, 0.25) is 0 Å². The van der Waals surface area contributed by atoms with Crippen LogP contribution < -0.4 is 5.73 Å². The lowest BCUT2D eigenvalue weighted by Gasteiger charge is -2.17. The van der Waals surface area contributed by atoms with Gasteiger partial charge in [-0.25, -0.2) is 8.78 Å². The molecule has 0 saturated heterocycles. The lowest BCUT2D eigenvalue weighted by Crippen LogP contribution is -2.35. The third-order valence-electron chi connectivity index (χ3n) is 2.87. The molecule has 0 rings (SSSR count). The summed E-state index contributed by atoms with van der Waals surface area (Å²) in [5, 5.41) is 0. The van der Waals surface area contributed by atoms with Gasteiger partial charge in [0.05, 0.1) is 6.61 Å². The maximum absolute atomic E-state index is 12.5. The van der Waals surface area contributed by atoms with E-state index in [1.54, 1.807) is 0 Å². The van der Waals surface area contributed by atoms with E-state index >= 15 is 0 Å². The number of nitrogens with two attached hydrogens (primary N) is 1. The minimum atomic E-state index is -4.08. The lowest BCUT2D eigenvalue weighted by atomic mass is 10.1. The molecule has 0 aromatic rings. The summed E-state index contributed by atoms with van der Waals surface area (Å²) in [6.45, 7) is 0.772. The van der Waals surface area contributed by atoms with Crippen molar-refractivity contribution in [3.63, 3.8) is 0 Å². The van der Waals surface area contributed by atoms with Crippen molar-refractivity contribution in [2.75, 3.05) is 13.2 Å². The van der Waals surface area contributed by atoms with E-state index in [0.29, 0.717) is 6.42 Å². The van der Waals surface area contributed by atoms with E-state index < -0.39 is 19.0 Å². The molecular formula is C13H25F4NO. The minimum Gasteiger partial charge on any atom is -0.373 e. The highest BCUT2D eigenvalue weighted by Gasteiger charge is 2.40. The first-order valence-electron chi connectivity index (χ1n) is 6.89. The van der Waals surface area contributed by atoms with E-state index in [0.717, 1.165) is 19.3 Å². The fraction of sp³-hybridized carbons (Fsp3) is 1.00. The first-order valence-corrected chi connectivity index (χ1v) is 6.89. The fourth-order valence-electron chi connectivity index (χ4n) is 1.68. The van der Waals surface area contributed by atoms with E-state index in [1.807, 2.05) is 0 Å². The van der Waals surface area contributed by atoms with Gasteiger partial charge in [-0.2, -0.15) is 8.78 Å². The molecule has 1 unspecified atom stereocenters. The van der Waals surface area contributed by atoms with Gasteiger partial charge in [-0.05, 0) is 6.42 Å². The van der Waals surface area contributed by atoms with E-state index in [4.69, 9.17) is 5.73 Å². The molecule has 0 aromatic heterocycles. The summed E-state index contributed by atoms with van der Waals surface area (Å²) in [5.74, 6) is -4.08. The topological polar surface area (TPSA) is 35.2 Å². The number of rotatable bonds is 12. The van der Waals surface area contributed by atoms with E-state index in [2.05, 4.69) is 11.7 Å². The standard InChI is InChI=1S/C13H25F4NO/c1-2-3-4-5-6-7-8-11(18)9-19-10-13(16,17)12(14)15/h11-12H,2-10,18H2,1H3. The van der Waals surface area contributed by atoms with Crippen molar-refractivity contribution in [3.8, 4) is 0 Å². The van der Waals surface area contributed by atoms with Crippen LogP contribution in [0.2, 0.25) is 0 Å². The van der Waals surface area contributed by atoms with Crippen molar-refractivity contribution in [2.45, 2.75) is 70.3 Å². The second-order valence-corrected chi connectivity index (χ2v) is 4.89. The first-order chi connectivity index (χ1) is 8.90. The summed E-state index contributed by atoms with van der Waals surface area (Å²) in [7, 11) is 0. The summed E-state index contributed by atoms with van der Waals surface area (Å²) in [6, 6.07) is -0.361. The highest BCUT2D eigenvalue weighted by atomic mass is 19.3. The maximum atomic E-state index is 12.5. The molecule has 0 aromatic carbocycles. The Morgan fingerprint density at radius 1 is 1.05 bits per heavy atom. The van der Waals surface area contributed by atoms with Crippen LogP contribution in [-0.2, 0) is 4.74 Å². The van der Waals surface area contributed by atoms with Crippen LogP contribution in [0, 0.1) is 0 Å². The van der Waals surface area contributed by atoms with Crippen LogP contribution in [0.4, 0.5) is 17.6 Å². The Bertz CT molecular complexity index is 215. The first kappa shape index (κ1) is 18.6. The molecule has 0 spiro atoms. The van der Waals surface area contributed by atoms with Crippen molar-refractivity contribution in [1.29, 1.82) is 0 Å². The van der Waals surface area contributed by atoms with Crippen molar-refractivity contribution in [2.24, 2.45) is 5.73 Å². The molecule has 0 fully saturated rings. The molecule has 2 N–H and O–H groups in total. The largest absolute Gasteiger partial charge is 0.373 e. The average molecular weight is 287 g/mol. The molecule has 0 heterocycles. The Balaban J connectivity index is 3.47. The van der Waals surface area contributed by atoms with Gasteiger partial charge < -0.3 is 10.5 Å². The van der Waals surface area contributed by atoms with E-state index in [9.17, 15) is 17.6 Å². The predicted molar refractivity (Wildman–Crippen MR) is 67.7 cm³/mol. The Morgan fingerprint density at radius 3 is 2.21 bits per heavy atom. The molecule has 2 nitrogen and oxygen atoms in total. The molecule has 6 heteroatoms. The maximum Gasteiger partial charge on any atom is 0.330 e. The van der Waals surface area contributed by atoms with Crippen LogP contribution >= 0.6 is 0 Å². The van der Waals surface area contributed by atoms with Gasteiger partial charge in [0.15, 0.2) is 0 Å². The summed E-state index contributed by atoms with van der Waals surface area (Å²) in [5.41, 5.74) is 5.66. The summed E-state index contributed by atoms with van der Waals surface area (Å²) < 4.78 is 53.2. The third-order valence-corrected chi connectivity index (χ3v) is 2.87. The number of halogens is 4. The SMILES string of the molecule is CCCCCCCCC(N)COCC(F)(F)C(F)F. The molecule has 0 radical (unpaired) electrons. The molecule has 0 aliphatic rings. The van der Waals surface area contributed by atoms with Gasteiger partial charge in [-0.15, -0.1) is 0 Å². The smallest absolute Gasteiger partial charge is 0.330 e. The molecular weight excluding hydrogens is 262 g/mol. The van der Waals surface area contributed by atoms with Crippen LogP contribution in [-0.4, -0.2) is 31.6 Å². The van der Waals surface area contributed by atoms with Gasteiger partial charge in [0.1, 0.15) is 6.61 Å². The Kier molecular flexibility index (Phi) is 10.2. The third kappa shape index (κ3) is 10.1. The van der Waals surface area contributed by atoms with Crippen molar-refractivity contribution < 1.29 is 22.3 Å². The lowest BCUT2D eigenvalue weighted by molar-refractivity contribution is -0.166. The van der Waals surface area contributed by atoms with Crippen LogP contribution in [0.3, 0.4) is 0 Å². The van der Waals surface area contributed by atoms with Gasteiger partial charge in [0, 0.05) is 6.04 Å². The van der Waals surface area contributed by atoms with Gasteiger partial charge in [0.25, 0.3) is 0 Å². The van der Waals surface area contributed by atoms with E-state index in [1.165, 1.54) is 19.3 Å². The normalized spacial score (nSPS) is 14.1. The fourth-order valence-corrected chi connectivity index (χ4v) is 1.68. The van der Waals surface area contributed by atoms with Gasteiger partial charge in [-0.3, -0.25) is 0 Å². The highest BCUT2D eigenvalue weighted by Crippen LogP contribution is 2.22. The Labute approximate surface area is 112 Å². The molecule has 0 aliphatic carbocycles. The molecule has 1 atom stereocenters. The van der Waals surface area contributed by atoms with Crippen LogP contribution in [0.5, 0.6) is 0 Å². The summed E-state index contributed by atoms with van der Waals surface area (Å²) in [6.07, 6.45) is 3.70. The quantitative estimate of drug-likeness (QED) is 0.435. The van der Waals surface area contributed by atoms with Crippen molar-refractivity contribution in [1.82, 2.24) is 0 Å². The molecule has 0 aliphatic heterocycles. The van der Waals surface area contributed by atoms with Crippen LogP contribution in [0.25, 0.3) is 0 Å². The molecule has 0 bridgehead atoms. The number of unbranched alkanes of at least 4 members (excludes halogenated alkanes) is 5. The molecule has 116 valence electrons. The van der Waals surface area contributed by atoms with Gasteiger partial charge >= 0.3 is 12.3 Å². The molecule has 0 amide bonds. The summed E-state index contributed by atoms with van der Waals surface area (Å²) in [4.78, 5) is 0. The Hall–Kier alpha value is -0.360. The van der Waals surface area contributed by atoms with Crippen LogP contribution in [0.1, 0.15) is 51.9 Å². The minimum absolute atomic E-state index is 0.0999. The number of alkyl halides is 4. The van der Waals surface area contributed by atoms with Crippen molar-refractivity contribution >= 4 is 0 Å².